The molecule has 1 saturated heterocycles. The fourth-order valence-corrected chi connectivity index (χ4v) is 4.43. The zero-order valence-corrected chi connectivity index (χ0v) is 17.0. The summed E-state index contributed by atoms with van der Waals surface area (Å²) in [6.45, 7) is 4.21. The third-order valence-corrected chi connectivity index (χ3v) is 6.84. The Kier molecular flexibility index (Phi) is 14.4. The Morgan fingerprint density at radius 1 is 0.750 bits per heavy atom. The second-order valence-corrected chi connectivity index (χ2v) is 8.79. The van der Waals surface area contributed by atoms with Crippen LogP contribution in [0, 0.1) is 5.41 Å². The molecule has 0 spiro atoms. The minimum atomic E-state index is 0.0979. The van der Waals surface area contributed by atoms with Gasteiger partial charge in [0.15, 0.2) is 0 Å². The maximum Gasteiger partial charge on any atom is 0.0560 e. The number of aliphatic hydroxyl groups excluding tert-OH is 1. The molecule has 1 aliphatic rings. The van der Waals surface area contributed by atoms with Gasteiger partial charge in [0, 0.05) is 23.5 Å². The average Bonchev–Trinajstić information content (AvgIpc) is 2.56. The molecule has 0 aromatic rings. The van der Waals surface area contributed by atoms with Gasteiger partial charge in [-0.2, -0.15) is 11.8 Å². The topological polar surface area (TPSA) is 29.5 Å². The fourth-order valence-electron chi connectivity index (χ4n) is 3.30. The molecule has 0 atom stereocenters. The second kappa shape index (κ2) is 15.5. The lowest BCUT2D eigenvalue weighted by molar-refractivity contribution is 0.0258. The van der Waals surface area contributed by atoms with Gasteiger partial charge in [-0.1, -0.05) is 90.4 Å². The van der Waals surface area contributed by atoms with Crippen LogP contribution in [0.15, 0.2) is 0 Å². The third-order valence-electron chi connectivity index (χ3n) is 5.20. The molecule has 0 aromatic carbocycles. The van der Waals surface area contributed by atoms with Gasteiger partial charge in [-0.15, -0.1) is 0 Å². The summed E-state index contributed by atoms with van der Waals surface area (Å²) < 4.78 is 5.77. The predicted molar refractivity (Wildman–Crippen MR) is 108 cm³/mol. The molecular weight excluding hydrogens is 316 g/mol. The Bertz CT molecular complexity index is 261. The van der Waals surface area contributed by atoms with Gasteiger partial charge in [0.1, 0.15) is 0 Å². The molecule has 144 valence electrons. The minimum absolute atomic E-state index is 0.0979. The van der Waals surface area contributed by atoms with E-state index in [2.05, 4.69) is 6.92 Å². The summed E-state index contributed by atoms with van der Waals surface area (Å²) in [6, 6.07) is 0. The van der Waals surface area contributed by atoms with E-state index < -0.39 is 0 Å². The van der Waals surface area contributed by atoms with E-state index in [1.165, 1.54) is 89.9 Å². The van der Waals surface area contributed by atoms with Crippen molar-refractivity contribution >= 4 is 11.8 Å². The van der Waals surface area contributed by atoms with Crippen LogP contribution in [0.1, 0.15) is 96.8 Å². The van der Waals surface area contributed by atoms with Crippen LogP contribution in [0.5, 0.6) is 0 Å². The third kappa shape index (κ3) is 11.0. The summed E-state index contributed by atoms with van der Waals surface area (Å²) in [5.74, 6) is 2.14. The molecule has 1 N–H and O–H groups in total. The lowest BCUT2D eigenvalue weighted by Crippen LogP contribution is -2.43. The average molecular weight is 359 g/mol. The Morgan fingerprint density at radius 2 is 1.21 bits per heavy atom. The van der Waals surface area contributed by atoms with Crippen LogP contribution >= 0.6 is 11.8 Å². The van der Waals surface area contributed by atoms with Gasteiger partial charge in [-0.25, -0.2) is 0 Å². The van der Waals surface area contributed by atoms with Crippen molar-refractivity contribution in [3.05, 3.63) is 0 Å². The smallest absolute Gasteiger partial charge is 0.0560 e. The first kappa shape index (κ1) is 22.3. The van der Waals surface area contributed by atoms with Crippen LogP contribution in [0.4, 0.5) is 0 Å². The van der Waals surface area contributed by atoms with E-state index in [9.17, 15) is 5.11 Å². The van der Waals surface area contributed by atoms with Gasteiger partial charge >= 0.3 is 0 Å². The van der Waals surface area contributed by atoms with Gasteiger partial charge in [0.2, 0.25) is 0 Å². The Morgan fingerprint density at radius 3 is 1.58 bits per heavy atom. The maximum absolute atomic E-state index is 9.37. The number of rotatable bonds is 18. The van der Waals surface area contributed by atoms with E-state index in [1.807, 2.05) is 11.8 Å². The van der Waals surface area contributed by atoms with E-state index in [0.29, 0.717) is 6.61 Å². The van der Waals surface area contributed by atoms with Crippen LogP contribution in [0.3, 0.4) is 0 Å². The lowest BCUT2D eigenvalue weighted by atomic mass is 9.94. The summed E-state index contributed by atoms with van der Waals surface area (Å²) >= 11 is 1.92. The van der Waals surface area contributed by atoms with Crippen molar-refractivity contribution in [2.75, 3.05) is 31.3 Å². The summed E-state index contributed by atoms with van der Waals surface area (Å²) in [5, 5.41) is 9.37. The molecule has 1 fully saturated rings. The molecular formula is C21H42O2S. The molecule has 0 aromatic heterocycles. The zero-order valence-electron chi connectivity index (χ0n) is 16.2. The highest BCUT2D eigenvalue weighted by Gasteiger charge is 2.37. The van der Waals surface area contributed by atoms with Crippen molar-refractivity contribution in [2.24, 2.45) is 5.41 Å². The van der Waals surface area contributed by atoms with E-state index in [-0.39, 0.29) is 5.41 Å². The molecule has 0 aliphatic carbocycles. The van der Waals surface area contributed by atoms with Gasteiger partial charge in [0.05, 0.1) is 13.2 Å². The molecule has 0 saturated carbocycles. The van der Waals surface area contributed by atoms with Crippen molar-refractivity contribution < 1.29 is 9.84 Å². The number of ether oxygens (including phenoxy) is 1. The molecule has 1 heterocycles. The molecule has 2 nitrogen and oxygen atoms in total. The first-order valence-electron chi connectivity index (χ1n) is 10.6. The SMILES string of the molecule is CCCCCCCCCCCCCCCCOCC1(CO)CSC1. The number of hydrogen-bond acceptors (Lipinski definition) is 3. The highest BCUT2D eigenvalue weighted by Crippen LogP contribution is 2.37. The highest BCUT2D eigenvalue weighted by atomic mass is 32.2. The zero-order chi connectivity index (χ0) is 17.3. The molecule has 0 bridgehead atoms. The number of unbranched alkanes of at least 4 members (excludes halogenated alkanes) is 13. The molecule has 0 radical (unpaired) electrons. The van der Waals surface area contributed by atoms with Gasteiger partial charge in [-0.3, -0.25) is 0 Å². The van der Waals surface area contributed by atoms with Gasteiger partial charge in [0.25, 0.3) is 0 Å². The van der Waals surface area contributed by atoms with Crippen molar-refractivity contribution in [3.63, 3.8) is 0 Å². The minimum Gasteiger partial charge on any atom is -0.396 e. The van der Waals surface area contributed by atoms with Crippen LogP contribution in [0.2, 0.25) is 0 Å². The van der Waals surface area contributed by atoms with Crippen molar-refractivity contribution in [2.45, 2.75) is 96.8 Å². The number of hydrogen-bond donors (Lipinski definition) is 1. The van der Waals surface area contributed by atoms with Crippen LogP contribution < -0.4 is 0 Å². The predicted octanol–water partition coefficient (Wildman–Crippen LogP) is 6.21. The monoisotopic (exact) mass is 358 g/mol. The number of aliphatic hydroxyl groups is 1. The first-order valence-corrected chi connectivity index (χ1v) is 11.7. The standard InChI is InChI=1S/C21H42O2S/c1-2-3-4-5-6-7-8-9-10-11-12-13-14-15-16-23-18-21(17-22)19-24-20-21/h22H,2-20H2,1H3. The second-order valence-electron chi connectivity index (χ2n) is 7.80. The molecule has 1 rings (SSSR count). The summed E-state index contributed by atoms with van der Waals surface area (Å²) in [5.41, 5.74) is 0.0979. The normalized spacial score (nSPS) is 16.2. The maximum atomic E-state index is 9.37. The first-order chi connectivity index (χ1) is 11.8. The Hall–Kier alpha value is 0.270. The molecule has 0 amide bonds. The molecule has 3 heteroatoms. The summed E-state index contributed by atoms with van der Waals surface area (Å²) in [6.07, 6.45) is 19.6. The Labute approximate surface area is 155 Å². The summed E-state index contributed by atoms with van der Waals surface area (Å²) in [4.78, 5) is 0. The summed E-state index contributed by atoms with van der Waals surface area (Å²) in [7, 11) is 0. The van der Waals surface area contributed by atoms with Gasteiger partial charge < -0.3 is 9.84 Å². The van der Waals surface area contributed by atoms with E-state index in [1.54, 1.807) is 0 Å². The Balaban J connectivity index is 1.69. The van der Waals surface area contributed by atoms with Crippen LogP contribution in [-0.2, 0) is 4.74 Å². The molecule has 24 heavy (non-hydrogen) atoms. The van der Waals surface area contributed by atoms with Crippen LogP contribution in [0.25, 0.3) is 0 Å². The molecule has 1 aliphatic heterocycles. The van der Waals surface area contributed by atoms with Crippen molar-refractivity contribution in [1.29, 1.82) is 0 Å². The quantitative estimate of drug-likeness (QED) is 0.295. The van der Waals surface area contributed by atoms with E-state index in [0.717, 1.165) is 24.7 Å². The van der Waals surface area contributed by atoms with Crippen molar-refractivity contribution in [1.82, 2.24) is 0 Å². The lowest BCUT2D eigenvalue weighted by Gasteiger charge is -2.39. The number of thioether (sulfide) groups is 1. The largest absolute Gasteiger partial charge is 0.396 e. The van der Waals surface area contributed by atoms with E-state index >= 15 is 0 Å². The fraction of sp³-hybridized carbons (Fsp3) is 1.00. The van der Waals surface area contributed by atoms with Crippen molar-refractivity contribution in [3.8, 4) is 0 Å². The van der Waals surface area contributed by atoms with Crippen LogP contribution in [-0.4, -0.2) is 36.4 Å². The van der Waals surface area contributed by atoms with E-state index in [4.69, 9.17) is 4.74 Å². The molecule has 0 unspecified atom stereocenters. The highest BCUT2D eigenvalue weighted by molar-refractivity contribution is 8.00. The van der Waals surface area contributed by atoms with Gasteiger partial charge in [-0.05, 0) is 6.42 Å².